The zero-order valence-electron chi connectivity index (χ0n) is 25.0. The molecule has 4 heterocycles. The molecule has 4 aromatic heterocycles. The largest absolute Gasteiger partial charge is 0.492 e. The van der Waals surface area contributed by atoms with E-state index in [9.17, 15) is 9.18 Å². The van der Waals surface area contributed by atoms with Gasteiger partial charge in [-0.1, -0.05) is 26.0 Å². The molecule has 0 aliphatic carbocycles. The SMILES string of the molecule is CC(C)CC(=O)Nc1cncc(-c2ccc3[nH]nc(-c4nc5c(-c6cc(F)cc(OCCN(C)C)c6)cccc5[nH]4)c3n2)c1. The van der Waals surface area contributed by atoms with Crippen LogP contribution in [0.25, 0.3) is 56.0 Å². The highest BCUT2D eigenvalue weighted by molar-refractivity contribution is 5.97. The molecule has 0 aliphatic heterocycles. The molecule has 10 nitrogen and oxygen atoms in total. The van der Waals surface area contributed by atoms with Crippen LogP contribution >= 0.6 is 0 Å². The molecule has 6 aromatic rings. The van der Waals surface area contributed by atoms with Crippen molar-refractivity contribution in [2.24, 2.45) is 5.92 Å². The minimum absolute atomic E-state index is 0.0601. The number of carbonyl (C=O) groups excluding carboxylic acids is 1. The first-order valence-corrected chi connectivity index (χ1v) is 14.4. The van der Waals surface area contributed by atoms with E-state index in [0.717, 1.165) is 22.2 Å². The number of aromatic amines is 2. The molecule has 0 atom stereocenters. The van der Waals surface area contributed by atoms with Gasteiger partial charge in [-0.3, -0.25) is 14.9 Å². The molecule has 0 spiro atoms. The van der Waals surface area contributed by atoms with Crippen LogP contribution in [0, 0.1) is 11.7 Å². The first-order valence-electron chi connectivity index (χ1n) is 14.4. The molecule has 0 radical (unpaired) electrons. The maximum Gasteiger partial charge on any atom is 0.224 e. The van der Waals surface area contributed by atoms with Crippen LogP contribution in [0.15, 0.2) is 67.0 Å². The molecular formula is C33H33FN8O2. The second kappa shape index (κ2) is 12.2. The van der Waals surface area contributed by atoms with Crippen molar-refractivity contribution in [2.45, 2.75) is 20.3 Å². The number of aromatic nitrogens is 6. The first-order chi connectivity index (χ1) is 21.2. The highest BCUT2D eigenvalue weighted by Gasteiger charge is 2.18. The van der Waals surface area contributed by atoms with E-state index < -0.39 is 0 Å². The molecule has 0 saturated heterocycles. The smallest absolute Gasteiger partial charge is 0.224 e. The Morgan fingerprint density at radius 2 is 1.86 bits per heavy atom. The van der Waals surface area contributed by atoms with Crippen molar-refractivity contribution < 1.29 is 13.9 Å². The average Bonchev–Trinajstić information content (AvgIpc) is 3.60. The summed E-state index contributed by atoms with van der Waals surface area (Å²) in [4.78, 5) is 31.7. The lowest BCUT2D eigenvalue weighted by Crippen LogP contribution is -2.19. The number of fused-ring (bicyclic) bond motifs is 2. The number of amides is 1. The number of anilines is 1. The Hall–Kier alpha value is -5.16. The van der Waals surface area contributed by atoms with E-state index in [-0.39, 0.29) is 17.6 Å². The predicted octanol–water partition coefficient (Wildman–Crippen LogP) is 6.29. The molecular weight excluding hydrogens is 559 g/mol. The molecule has 224 valence electrons. The lowest BCUT2D eigenvalue weighted by atomic mass is 10.0. The van der Waals surface area contributed by atoms with Crippen molar-refractivity contribution in [3.05, 3.63) is 72.8 Å². The van der Waals surface area contributed by atoms with Gasteiger partial charge in [0.05, 0.1) is 34.1 Å². The number of nitrogens with zero attached hydrogens (tertiary/aromatic N) is 5. The third-order valence-corrected chi connectivity index (χ3v) is 7.05. The zero-order chi connectivity index (χ0) is 30.8. The highest BCUT2D eigenvalue weighted by atomic mass is 19.1. The van der Waals surface area contributed by atoms with Gasteiger partial charge in [-0.15, -0.1) is 0 Å². The third-order valence-electron chi connectivity index (χ3n) is 7.05. The number of benzene rings is 2. The molecule has 44 heavy (non-hydrogen) atoms. The van der Waals surface area contributed by atoms with Gasteiger partial charge < -0.3 is 19.9 Å². The molecule has 0 fully saturated rings. The molecule has 11 heteroatoms. The lowest BCUT2D eigenvalue weighted by Gasteiger charge is -2.12. The van der Waals surface area contributed by atoms with E-state index >= 15 is 0 Å². The molecule has 1 amide bonds. The van der Waals surface area contributed by atoms with E-state index in [2.05, 4.69) is 25.5 Å². The van der Waals surface area contributed by atoms with Gasteiger partial charge in [0, 0.05) is 36.4 Å². The molecule has 0 aliphatic rings. The van der Waals surface area contributed by atoms with Crippen molar-refractivity contribution in [2.75, 3.05) is 32.6 Å². The summed E-state index contributed by atoms with van der Waals surface area (Å²) in [6.45, 7) is 5.16. The van der Waals surface area contributed by atoms with E-state index in [1.165, 1.54) is 12.1 Å². The second-order valence-corrected chi connectivity index (χ2v) is 11.4. The summed E-state index contributed by atoms with van der Waals surface area (Å²) in [5.74, 6) is 0.790. The maximum atomic E-state index is 14.7. The quantitative estimate of drug-likeness (QED) is 0.171. The molecule has 6 rings (SSSR count). The molecule has 0 saturated carbocycles. The summed E-state index contributed by atoms with van der Waals surface area (Å²) in [5.41, 5.74) is 6.82. The Balaban J connectivity index is 1.33. The monoisotopic (exact) mass is 592 g/mol. The van der Waals surface area contributed by atoms with E-state index in [4.69, 9.17) is 14.7 Å². The second-order valence-electron chi connectivity index (χ2n) is 11.4. The number of nitrogens with one attached hydrogen (secondary N) is 3. The number of carbonyl (C=O) groups is 1. The number of H-pyrrole nitrogens is 2. The van der Waals surface area contributed by atoms with Crippen LogP contribution < -0.4 is 10.1 Å². The van der Waals surface area contributed by atoms with Crippen LogP contribution in [0.1, 0.15) is 20.3 Å². The minimum Gasteiger partial charge on any atom is -0.492 e. The minimum atomic E-state index is -0.386. The zero-order valence-corrected chi connectivity index (χ0v) is 25.0. The first kappa shape index (κ1) is 28.9. The Labute approximate surface area is 253 Å². The van der Waals surface area contributed by atoms with Crippen LogP contribution in [0.4, 0.5) is 10.1 Å². The van der Waals surface area contributed by atoms with Crippen LogP contribution in [-0.4, -0.2) is 68.2 Å². The van der Waals surface area contributed by atoms with Gasteiger partial charge in [0.15, 0.2) is 11.5 Å². The molecule has 0 bridgehead atoms. The van der Waals surface area contributed by atoms with Crippen molar-refractivity contribution in [3.8, 4) is 39.7 Å². The van der Waals surface area contributed by atoms with Crippen molar-refractivity contribution >= 4 is 33.7 Å². The Morgan fingerprint density at radius 1 is 1.00 bits per heavy atom. The van der Waals surface area contributed by atoms with E-state index in [1.807, 2.05) is 75.3 Å². The van der Waals surface area contributed by atoms with Gasteiger partial charge in [-0.2, -0.15) is 5.10 Å². The van der Waals surface area contributed by atoms with Gasteiger partial charge in [-0.05, 0) is 62.0 Å². The van der Waals surface area contributed by atoms with E-state index in [0.29, 0.717) is 64.8 Å². The van der Waals surface area contributed by atoms with Gasteiger partial charge in [0.25, 0.3) is 0 Å². The fourth-order valence-corrected chi connectivity index (χ4v) is 4.98. The Kier molecular flexibility index (Phi) is 8.03. The Morgan fingerprint density at radius 3 is 2.68 bits per heavy atom. The summed E-state index contributed by atoms with van der Waals surface area (Å²) < 4.78 is 20.5. The standard InChI is InChI=1S/C33H33FN8O2/c1-19(2)12-29(43)36-23-14-21(17-35-18-23)26-8-9-28-31(37-26)32(41-40-28)33-38-27-7-5-6-25(30(27)39-33)20-13-22(34)16-24(15-20)44-11-10-42(3)4/h5-9,13-19H,10-12H2,1-4H3,(H,36,43)(H,38,39)(H,40,41). The van der Waals surface area contributed by atoms with Crippen molar-refractivity contribution in [1.82, 2.24) is 35.0 Å². The normalized spacial score (nSPS) is 11.6. The molecule has 0 unspecified atom stereocenters. The van der Waals surface area contributed by atoms with Crippen LogP contribution in [0.5, 0.6) is 5.75 Å². The fourth-order valence-electron chi connectivity index (χ4n) is 4.98. The fraction of sp³-hybridized carbons (Fsp3) is 0.242. The number of hydrogen-bond donors (Lipinski definition) is 3. The molecule has 2 aromatic carbocycles. The predicted molar refractivity (Wildman–Crippen MR) is 170 cm³/mol. The summed E-state index contributed by atoms with van der Waals surface area (Å²) in [7, 11) is 3.92. The number of ether oxygens (including phenoxy) is 1. The van der Waals surface area contributed by atoms with Gasteiger partial charge in [0.1, 0.15) is 23.7 Å². The topological polar surface area (TPSA) is 125 Å². The highest BCUT2D eigenvalue weighted by Crippen LogP contribution is 2.34. The summed E-state index contributed by atoms with van der Waals surface area (Å²) in [6, 6.07) is 16.0. The van der Waals surface area contributed by atoms with Gasteiger partial charge >= 0.3 is 0 Å². The van der Waals surface area contributed by atoms with Gasteiger partial charge in [0.2, 0.25) is 5.91 Å². The lowest BCUT2D eigenvalue weighted by molar-refractivity contribution is -0.116. The Bertz CT molecular complexity index is 1960. The summed E-state index contributed by atoms with van der Waals surface area (Å²) in [5, 5.41) is 10.5. The number of imidazole rings is 1. The number of hydrogen-bond acceptors (Lipinski definition) is 7. The van der Waals surface area contributed by atoms with Gasteiger partial charge in [-0.25, -0.2) is 14.4 Å². The van der Waals surface area contributed by atoms with Crippen LogP contribution in [-0.2, 0) is 4.79 Å². The number of pyridine rings is 2. The number of para-hydroxylation sites is 1. The summed E-state index contributed by atoms with van der Waals surface area (Å²) in [6.07, 6.45) is 3.75. The van der Waals surface area contributed by atoms with E-state index in [1.54, 1.807) is 12.4 Å². The van der Waals surface area contributed by atoms with Crippen molar-refractivity contribution in [1.29, 1.82) is 0 Å². The van der Waals surface area contributed by atoms with Crippen LogP contribution in [0.2, 0.25) is 0 Å². The number of rotatable bonds is 10. The molecule has 3 N–H and O–H groups in total. The van der Waals surface area contributed by atoms with Crippen LogP contribution in [0.3, 0.4) is 0 Å². The number of halogens is 1. The third kappa shape index (κ3) is 6.28. The summed E-state index contributed by atoms with van der Waals surface area (Å²) >= 11 is 0. The maximum absolute atomic E-state index is 14.7. The van der Waals surface area contributed by atoms with Crippen molar-refractivity contribution in [3.63, 3.8) is 0 Å². The number of likely N-dealkylation sites (N-methyl/N-ethyl adjacent to an activating group) is 1. The average molecular weight is 593 g/mol.